The molecule has 2 saturated heterocycles. The number of hydrogen-bond donors (Lipinski definition) is 1. The molecule has 6 heterocycles. The summed E-state index contributed by atoms with van der Waals surface area (Å²) in [7, 11) is 5.47. The van der Waals surface area contributed by atoms with E-state index >= 15 is 0 Å². The molecule has 288 valence electrons. The molecule has 4 aliphatic carbocycles. The van der Waals surface area contributed by atoms with E-state index in [0.717, 1.165) is 50.4 Å². The average Bonchev–Trinajstić information content (AvgIpc) is 3.54. The van der Waals surface area contributed by atoms with Gasteiger partial charge in [-0.1, -0.05) is 12.2 Å². The van der Waals surface area contributed by atoms with Crippen molar-refractivity contribution in [2.24, 2.45) is 49.6 Å². The van der Waals surface area contributed by atoms with Crippen LogP contribution >= 0.6 is 0 Å². The summed E-state index contributed by atoms with van der Waals surface area (Å²) in [6.07, 6.45) is 6.35. The van der Waals surface area contributed by atoms with Crippen LogP contribution < -0.4 is 16.7 Å². The minimum Gasteiger partial charge on any atom is -0.316 e. The topological polar surface area (TPSA) is 129 Å². The number of aryl methyl sites for hydroxylation is 2. The number of fused-ring (bicyclic) bond motifs is 4. The molecule has 17 heteroatoms. The zero-order valence-corrected chi connectivity index (χ0v) is 31.0. The zero-order valence-electron chi connectivity index (χ0n) is 30.2. The molecule has 0 radical (unpaired) electrons. The Morgan fingerprint density at radius 3 is 1.63 bits per heavy atom. The minimum absolute atomic E-state index is 0.0582. The maximum absolute atomic E-state index is 13.3. The lowest BCUT2D eigenvalue weighted by atomic mass is 9.99. The molecule has 10 rings (SSSR count). The van der Waals surface area contributed by atoms with Gasteiger partial charge in [0.05, 0.1) is 22.4 Å². The predicted molar refractivity (Wildman–Crippen MR) is 194 cm³/mol. The highest BCUT2D eigenvalue weighted by Gasteiger charge is 2.57. The number of imidazole rings is 2. The van der Waals surface area contributed by atoms with Crippen LogP contribution in [0.25, 0.3) is 33.5 Å². The smallest absolute Gasteiger partial charge is 0.316 e. The van der Waals surface area contributed by atoms with E-state index in [1.807, 2.05) is 24.3 Å². The van der Waals surface area contributed by atoms with Gasteiger partial charge in [-0.2, -0.15) is 8.42 Å². The number of alkyl halides is 4. The number of likely N-dealkylation sites (tertiary alicyclic amines) is 1. The van der Waals surface area contributed by atoms with Gasteiger partial charge in [-0.25, -0.2) is 37.1 Å². The predicted octanol–water partition coefficient (Wildman–Crippen LogP) is 3.70. The van der Waals surface area contributed by atoms with E-state index in [1.165, 1.54) is 29.4 Å². The molecular formula is C37H42F4N8O4S. The summed E-state index contributed by atoms with van der Waals surface area (Å²) in [6.45, 7) is 4.36. The van der Waals surface area contributed by atoms with Gasteiger partial charge in [0, 0.05) is 71.5 Å². The Labute approximate surface area is 311 Å². The molecule has 4 fully saturated rings. The van der Waals surface area contributed by atoms with Gasteiger partial charge in [-0.15, -0.1) is 0 Å². The second-order valence-corrected chi connectivity index (χ2v) is 16.0. The molecule has 1 N–H and O–H groups in total. The first kappa shape index (κ1) is 36.7. The number of aromatic nitrogens is 6. The molecule has 0 amide bonds. The molecular weight excluding hydrogens is 729 g/mol. The monoisotopic (exact) mass is 770 g/mol. The molecule has 0 aromatic carbocycles. The Balaban J connectivity index is 0.000000143. The molecule has 12 nitrogen and oxygen atoms in total. The molecule has 4 aromatic rings. The van der Waals surface area contributed by atoms with Crippen molar-refractivity contribution in [2.45, 2.75) is 50.6 Å². The van der Waals surface area contributed by atoms with Crippen LogP contribution in [0.4, 0.5) is 17.6 Å². The van der Waals surface area contributed by atoms with Gasteiger partial charge in [0.1, 0.15) is 0 Å². The summed E-state index contributed by atoms with van der Waals surface area (Å²) in [4.78, 5) is 36.8. The fourth-order valence-corrected chi connectivity index (χ4v) is 8.93. The standard InChI is InChI=1S/C19H22F2N4O.C18H20F2N4O.O2S/c1-23-8-12-5-11(6-13(12)9-23)15-3-4-16-17(22-15)24(2)18(26)25(16)10-14-7-19(14,20)21;1-23-16-15(24(17(23)25)9-13-6-18(13,19)20)3-2-14(22-16)10-4-11-7-21-8-12(11)5-10;1-3-2/h3-5,12-14H,6-10H2,1-2H3;2-4,11-13,21H,5-9H2,1H3;. The molecule has 2 aliphatic heterocycles. The first-order valence-electron chi connectivity index (χ1n) is 18.3. The van der Waals surface area contributed by atoms with Crippen LogP contribution in [0.5, 0.6) is 0 Å². The normalized spacial score (nSPS) is 28.5. The molecule has 2 saturated carbocycles. The van der Waals surface area contributed by atoms with Crippen LogP contribution in [-0.4, -0.2) is 86.6 Å². The number of nitrogens with one attached hydrogen (secondary N) is 1. The van der Waals surface area contributed by atoms with Gasteiger partial charge in [0.25, 0.3) is 11.8 Å². The van der Waals surface area contributed by atoms with E-state index in [-0.39, 0.29) is 37.3 Å². The van der Waals surface area contributed by atoms with Crippen molar-refractivity contribution in [1.29, 1.82) is 0 Å². The van der Waals surface area contributed by atoms with Crippen LogP contribution in [-0.2, 0) is 38.8 Å². The lowest BCUT2D eigenvalue weighted by molar-refractivity contribution is 0.0944. The molecule has 6 unspecified atom stereocenters. The highest BCUT2D eigenvalue weighted by atomic mass is 32.1. The van der Waals surface area contributed by atoms with Crippen molar-refractivity contribution < 1.29 is 26.0 Å². The Kier molecular flexibility index (Phi) is 9.19. The van der Waals surface area contributed by atoms with E-state index in [1.54, 1.807) is 14.1 Å². The Morgan fingerprint density at radius 2 is 1.19 bits per heavy atom. The molecule has 4 aromatic heterocycles. The zero-order chi connectivity index (χ0) is 38.3. The van der Waals surface area contributed by atoms with Crippen LogP contribution in [0, 0.1) is 35.5 Å². The third-order valence-electron chi connectivity index (χ3n) is 12.2. The van der Waals surface area contributed by atoms with Gasteiger partial charge < -0.3 is 10.2 Å². The Morgan fingerprint density at radius 1 is 0.722 bits per heavy atom. The van der Waals surface area contributed by atoms with E-state index in [9.17, 15) is 27.2 Å². The summed E-state index contributed by atoms with van der Waals surface area (Å²) >= 11 is -0.750. The number of halogens is 4. The second kappa shape index (κ2) is 13.5. The van der Waals surface area contributed by atoms with Crippen LogP contribution in [0.2, 0.25) is 0 Å². The second-order valence-electron chi connectivity index (χ2n) is 15.9. The van der Waals surface area contributed by atoms with Gasteiger partial charge in [0.2, 0.25) is 0 Å². The van der Waals surface area contributed by atoms with Gasteiger partial charge in [-0.05, 0) is 85.5 Å². The lowest BCUT2D eigenvalue weighted by Crippen LogP contribution is -2.23. The minimum atomic E-state index is -2.63. The van der Waals surface area contributed by atoms with Gasteiger partial charge in [-0.3, -0.25) is 18.3 Å². The molecule has 54 heavy (non-hydrogen) atoms. The third kappa shape index (κ3) is 6.61. The maximum atomic E-state index is 13.3. The summed E-state index contributed by atoms with van der Waals surface area (Å²) in [5.41, 5.74) is 6.15. The quantitative estimate of drug-likeness (QED) is 0.294. The van der Waals surface area contributed by atoms with Crippen LogP contribution in [0.3, 0.4) is 0 Å². The summed E-state index contributed by atoms with van der Waals surface area (Å²) < 4.78 is 75.5. The maximum Gasteiger partial charge on any atom is 0.335 e. The van der Waals surface area contributed by atoms with Crippen molar-refractivity contribution in [2.75, 3.05) is 33.2 Å². The number of rotatable bonds is 6. The fourth-order valence-electron chi connectivity index (χ4n) is 8.93. The molecule has 0 bridgehead atoms. The molecule has 6 aliphatic rings. The summed E-state index contributed by atoms with van der Waals surface area (Å²) in [5, 5.41) is 3.40. The van der Waals surface area contributed by atoms with Gasteiger partial charge >= 0.3 is 23.0 Å². The Bertz CT molecular complexity index is 2370. The van der Waals surface area contributed by atoms with Crippen LogP contribution in [0.15, 0.2) is 46.0 Å². The molecule has 0 spiro atoms. The highest BCUT2D eigenvalue weighted by molar-refractivity contribution is 7.51. The third-order valence-corrected chi connectivity index (χ3v) is 12.2. The van der Waals surface area contributed by atoms with Crippen molar-refractivity contribution in [1.82, 2.24) is 38.5 Å². The first-order chi connectivity index (χ1) is 25.7. The van der Waals surface area contributed by atoms with E-state index < -0.39 is 35.3 Å². The SMILES string of the molecule is CN1CC2C=C(c3ccc4c(n3)n(C)c(=O)n4CC3CC3(F)F)CC2C1.Cn1c(=O)n(CC2CC2(F)F)c2ccc(C3=CC4CNCC4C3)nc21.O=S=O. The number of pyridine rings is 2. The average molecular weight is 771 g/mol. The van der Waals surface area contributed by atoms with E-state index in [0.29, 0.717) is 46.0 Å². The number of nitrogens with zero attached hydrogens (tertiary/aromatic N) is 7. The van der Waals surface area contributed by atoms with E-state index in [2.05, 4.69) is 29.4 Å². The van der Waals surface area contributed by atoms with Crippen LogP contribution in [0.1, 0.15) is 37.1 Å². The van der Waals surface area contributed by atoms with Gasteiger partial charge in [0.15, 0.2) is 11.3 Å². The van der Waals surface area contributed by atoms with Crippen molar-refractivity contribution in [3.8, 4) is 0 Å². The first-order valence-corrected chi connectivity index (χ1v) is 19.0. The molecule has 6 atom stereocenters. The van der Waals surface area contributed by atoms with Crippen molar-refractivity contribution in [3.63, 3.8) is 0 Å². The van der Waals surface area contributed by atoms with Crippen molar-refractivity contribution in [3.05, 3.63) is 68.8 Å². The lowest BCUT2D eigenvalue weighted by Gasteiger charge is -2.10. The summed E-state index contributed by atoms with van der Waals surface area (Å²) in [5.74, 6) is -4.30. The highest BCUT2D eigenvalue weighted by Crippen LogP contribution is 2.50. The fraction of sp³-hybridized carbons (Fsp3) is 0.568. The van der Waals surface area contributed by atoms with Crippen molar-refractivity contribution >= 4 is 45.0 Å². The Hall–Kier alpha value is -4.22. The number of allylic oxidation sites excluding steroid dienone is 2. The largest absolute Gasteiger partial charge is 0.335 e. The summed E-state index contributed by atoms with van der Waals surface area (Å²) in [6, 6.07) is 7.57. The number of hydrogen-bond acceptors (Lipinski definition) is 8. The van der Waals surface area contributed by atoms with E-state index in [4.69, 9.17) is 18.4 Å².